The first-order valence-corrected chi connectivity index (χ1v) is 8.09. The number of carbonyl (C=O) groups is 1. The monoisotopic (exact) mass is 358 g/mol. The van der Waals surface area contributed by atoms with Gasteiger partial charge in [0, 0.05) is 5.39 Å². The fraction of sp³-hybridized carbons (Fsp3) is 0.0625. The third-order valence-corrected chi connectivity index (χ3v) is 4.28. The van der Waals surface area contributed by atoms with E-state index in [0.717, 1.165) is 29.1 Å². The number of para-hydroxylation sites is 1. The van der Waals surface area contributed by atoms with Gasteiger partial charge in [0.05, 0.1) is 22.3 Å². The molecule has 0 aliphatic heterocycles. The Morgan fingerprint density at radius 2 is 2.04 bits per heavy atom. The van der Waals surface area contributed by atoms with Crippen molar-refractivity contribution in [2.24, 2.45) is 0 Å². The van der Waals surface area contributed by atoms with Gasteiger partial charge in [-0.2, -0.15) is 0 Å². The maximum atomic E-state index is 13.1. The van der Waals surface area contributed by atoms with Gasteiger partial charge in [-0.3, -0.25) is 14.9 Å². The zero-order valence-corrected chi connectivity index (χ0v) is 13.5. The second-order valence-electron chi connectivity index (χ2n) is 4.95. The number of nitrogens with one attached hydrogen (secondary N) is 1. The normalized spacial score (nSPS) is 10.6. The van der Waals surface area contributed by atoms with E-state index in [2.05, 4.69) is 15.3 Å². The number of benzene rings is 2. The fourth-order valence-electron chi connectivity index (χ4n) is 2.18. The maximum Gasteiger partial charge on any atom is 0.295 e. The van der Waals surface area contributed by atoms with Gasteiger partial charge in [-0.05, 0) is 18.2 Å². The summed E-state index contributed by atoms with van der Waals surface area (Å²) in [5.74, 6) is -1.20. The Bertz CT molecular complexity index is 962. The van der Waals surface area contributed by atoms with Crippen LogP contribution in [0.1, 0.15) is 0 Å². The lowest BCUT2D eigenvalue weighted by Crippen LogP contribution is -2.15. The fourth-order valence-corrected chi connectivity index (χ4v) is 2.97. The van der Waals surface area contributed by atoms with Crippen molar-refractivity contribution in [3.05, 3.63) is 64.7 Å². The highest BCUT2D eigenvalue weighted by atomic mass is 32.2. The van der Waals surface area contributed by atoms with Crippen LogP contribution < -0.4 is 5.32 Å². The molecule has 0 atom stereocenters. The van der Waals surface area contributed by atoms with E-state index in [-0.39, 0.29) is 11.4 Å². The van der Waals surface area contributed by atoms with Crippen LogP contribution in [0.5, 0.6) is 0 Å². The molecule has 0 fully saturated rings. The van der Waals surface area contributed by atoms with E-state index in [9.17, 15) is 19.3 Å². The highest BCUT2D eigenvalue weighted by Crippen LogP contribution is 2.27. The molecule has 3 rings (SSSR count). The van der Waals surface area contributed by atoms with Crippen LogP contribution in [0.3, 0.4) is 0 Å². The van der Waals surface area contributed by atoms with Crippen molar-refractivity contribution in [3.63, 3.8) is 0 Å². The zero-order valence-electron chi connectivity index (χ0n) is 12.7. The van der Waals surface area contributed by atoms with Crippen LogP contribution in [0.4, 0.5) is 15.8 Å². The highest BCUT2D eigenvalue weighted by molar-refractivity contribution is 8.00. The molecular weight excluding hydrogens is 347 g/mol. The van der Waals surface area contributed by atoms with Crippen LogP contribution in [0, 0.1) is 15.9 Å². The number of halogens is 1. The van der Waals surface area contributed by atoms with E-state index in [1.165, 1.54) is 18.1 Å². The van der Waals surface area contributed by atoms with Gasteiger partial charge in [0.25, 0.3) is 5.69 Å². The van der Waals surface area contributed by atoms with E-state index in [0.29, 0.717) is 5.03 Å². The van der Waals surface area contributed by atoms with Crippen molar-refractivity contribution in [2.45, 2.75) is 5.03 Å². The van der Waals surface area contributed by atoms with Gasteiger partial charge in [-0.25, -0.2) is 14.4 Å². The number of hydrogen-bond acceptors (Lipinski definition) is 6. The van der Waals surface area contributed by atoms with Crippen LogP contribution in [0.15, 0.2) is 53.8 Å². The molecule has 25 heavy (non-hydrogen) atoms. The van der Waals surface area contributed by atoms with Crippen molar-refractivity contribution < 1.29 is 14.1 Å². The predicted molar refractivity (Wildman–Crippen MR) is 91.9 cm³/mol. The van der Waals surface area contributed by atoms with Crippen molar-refractivity contribution in [1.29, 1.82) is 0 Å². The molecule has 2 aromatic carbocycles. The summed E-state index contributed by atoms with van der Waals surface area (Å²) >= 11 is 1.19. The molecule has 0 unspecified atom stereocenters. The number of nitrogens with zero attached hydrogens (tertiary/aromatic N) is 3. The zero-order chi connectivity index (χ0) is 17.8. The van der Waals surface area contributed by atoms with E-state index >= 15 is 0 Å². The average molecular weight is 358 g/mol. The largest absolute Gasteiger partial charge is 0.320 e. The van der Waals surface area contributed by atoms with E-state index < -0.39 is 22.3 Å². The Labute approximate surface area is 145 Å². The molecular formula is C16H11FN4O3S. The lowest BCUT2D eigenvalue weighted by molar-refractivity contribution is -0.384. The van der Waals surface area contributed by atoms with E-state index in [1.54, 1.807) is 0 Å². The number of hydrogen-bond donors (Lipinski definition) is 1. The van der Waals surface area contributed by atoms with Crippen LogP contribution in [0.25, 0.3) is 10.9 Å². The molecule has 126 valence electrons. The number of carbonyl (C=O) groups excluding carboxylic acids is 1. The maximum absolute atomic E-state index is 13.1. The van der Waals surface area contributed by atoms with Gasteiger partial charge in [0.2, 0.25) is 5.91 Å². The summed E-state index contributed by atoms with van der Waals surface area (Å²) in [5.41, 5.74) is 0.213. The molecule has 0 radical (unpaired) electrons. The Morgan fingerprint density at radius 3 is 2.84 bits per heavy atom. The van der Waals surface area contributed by atoms with Crippen molar-refractivity contribution in [1.82, 2.24) is 9.97 Å². The van der Waals surface area contributed by atoms with Gasteiger partial charge in [0.15, 0.2) is 0 Å². The summed E-state index contributed by atoms with van der Waals surface area (Å²) < 4.78 is 13.1. The molecule has 1 N–H and O–H groups in total. The Kier molecular flexibility index (Phi) is 4.85. The molecule has 0 spiro atoms. The van der Waals surface area contributed by atoms with Crippen molar-refractivity contribution in [3.8, 4) is 0 Å². The molecule has 1 aromatic heterocycles. The van der Waals surface area contributed by atoms with Gasteiger partial charge in [-0.15, -0.1) is 0 Å². The first-order chi connectivity index (χ1) is 12.0. The summed E-state index contributed by atoms with van der Waals surface area (Å²) in [6.45, 7) is 0. The lowest BCUT2D eigenvalue weighted by atomic mass is 10.2. The van der Waals surface area contributed by atoms with Gasteiger partial charge < -0.3 is 5.32 Å². The van der Waals surface area contributed by atoms with Crippen LogP contribution in [-0.2, 0) is 4.79 Å². The molecule has 3 aromatic rings. The SMILES string of the molecule is O=C(CSc1ncnc2ccccc12)Nc1ccc(F)cc1[N+](=O)[O-]. The molecule has 0 saturated heterocycles. The minimum atomic E-state index is -0.746. The van der Waals surface area contributed by atoms with Crippen LogP contribution >= 0.6 is 11.8 Å². The molecule has 0 bridgehead atoms. The molecule has 0 aliphatic carbocycles. The van der Waals surface area contributed by atoms with Crippen molar-refractivity contribution >= 4 is 39.9 Å². The predicted octanol–water partition coefficient (Wildman–Crippen LogP) is 3.41. The van der Waals surface area contributed by atoms with E-state index in [4.69, 9.17) is 0 Å². The van der Waals surface area contributed by atoms with Crippen molar-refractivity contribution in [2.75, 3.05) is 11.1 Å². The third-order valence-electron chi connectivity index (χ3n) is 3.28. The smallest absolute Gasteiger partial charge is 0.295 e. The molecule has 0 aliphatic rings. The molecule has 1 heterocycles. The number of anilines is 1. The number of thioether (sulfide) groups is 1. The van der Waals surface area contributed by atoms with Gasteiger partial charge in [0.1, 0.15) is 22.9 Å². The molecule has 7 nitrogen and oxygen atoms in total. The first-order valence-electron chi connectivity index (χ1n) is 7.11. The second kappa shape index (κ2) is 7.22. The number of amides is 1. The quantitative estimate of drug-likeness (QED) is 0.325. The first kappa shape index (κ1) is 16.8. The minimum absolute atomic E-state index is 0.00443. The summed E-state index contributed by atoms with van der Waals surface area (Å²) in [6.07, 6.45) is 1.41. The van der Waals surface area contributed by atoms with Gasteiger partial charge >= 0.3 is 0 Å². The van der Waals surface area contributed by atoms with Crippen LogP contribution in [0.2, 0.25) is 0 Å². The standard InChI is InChI=1S/C16H11FN4O3S/c17-10-5-6-13(14(7-10)21(23)24)20-15(22)8-25-16-11-3-1-2-4-12(11)18-9-19-16/h1-7,9H,8H2,(H,20,22). The molecule has 1 amide bonds. The Balaban J connectivity index is 1.72. The average Bonchev–Trinajstić information content (AvgIpc) is 2.61. The molecule has 0 saturated carbocycles. The Morgan fingerprint density at radius 1 is 1.24 bits per heavy atom. The number of fused-ring (bicyclic) bond motifs is 1. The number of nitro groups is 1. The highest BCUT2D eigenvalue weighted by Gasteiger charge is 2.17. The summed E-state index contributed by atoms with van der Waals surface area (Å²) in [4.78, 5) is 30.6. The second-order valence-corrected chi connectivity index (χ2v) is 5.92. The topological polar surface area (TPSA) is 98.0 Å². The minimum Gasteiger partial charge on any atom is -0.320 e. The number of nitro benzene ring substituents is 1. The van der Waals surface area contributed by atoms with Gasteiger partial charge in [-0.1, -0.05) is 30.0 Å². The molecule has 9 heteroatoms. The third kappa shape index (κ3) is 3.89. The number of aromatic nitrogens is 2. The summed E-state index contributed by atoms with van der Waals surface area (Å²) in [6, 6.07) is 10.4. The summed E-state index contributed by atoms with van der Waals surface area (Å²) in [5, 5.41) is 14.8. The number of rotatable bonds is 5. The summed E-state index contributed by atoms with van der Waals surface area (Å²) in [7, 11) is 0. The van der Waals surface area contributed by atoms with E-state index in [1.807, 2.05) is 24.3 Å². The Hall–Kier alpha value is -3.07. The lowest BCUT2D eigenvalue weighted by Gasteiger charge is -2.07. The van der Waals surface area contributed by atoms with Crippen LogP contribution in [-0.4, -0.2) is 26.6 Å².